The summed E-state index contributed by atoms with van der Waals surface area (Å²) >= 11 is 7.10. The molecule has 0 unspecified atom stereocenters. The fourth-order valence-corrected chi connectivity index (χ4v) is 2.63. The lowest BCUT2D eigenvalue weighted by atomic mass is 10.2. The highest BCUT2D eigenvalue weighted by atomic mass is 35.5. The van der Waals surface area contributed by atoms with Crippen molar-refractivity contribution in [1.82, 2.24) is 15.6 Å². The van der Waals surface area contributed by atoms with Crippen molar-refractivity contribution in [3.8, 4) is 5.75 Å². The van der Waals surface area contributed by atoms with Gasteiger partial charge >= 0.3 is 0 Å². The number of amides is 1. The summed E-state index contributed by atoms with van der Waals surface area (Å²) in [6, 6.07) is 13.4. The SMILES string of the molecule is O=C(N/N=C\c1nnc(Nc2ccc(Cl)cc2)s1)c1ccccc1O. The second kappa shape index (κ2) is 7.73. The summed E-state index contributed by atoms with van der Waals surface area (Å²) in [5.41, 5.74) is 3.30. The summed E-state index contributed by atoms with van der Waals surface area (Å²) in [6.45, 7) is 0. The van der Waals surface area contributed by atoms with Crippen LogP contribution in [0.5, 0.6) is 5.75 Å². The van der Waals surface area contributed by atoms with Crippen LogP contribution in [-0.4, -0.2) is 27.4 Å². The molecule has 2 aromatic carbocycles. The summed E-state index contributed by atoms with van der Waals surface area (Å²) in [6.07, 6.45) is 1.38. The first-order valence-electron chi connectivity index (χ1n) is 7.09. The lowest BCUT2D eigenvalue weighted by Gasteiger charge is -2.01. The zero-order valence-electron chi connectivity index (χ0n) is 12.7. The van der Waals surface area contributed by atoms with Crippen LogP contribution < -0.4 is 10.7 Å². The molecule has 0 saturated heterocycles. The zero-order valence-corrected chi connectivity index (χ0v) is 14.3. The number of phenols is 1. The molecule has 0 atom stereocenters. The third-order valence-electron chi connectivity index (χ3n) is 3.03. The Morgan fingerprint density at radius 1 is 1.16 bits per heavy atom. The number of aromatic hydroxyl groups is 1. The molecular formula is C16H12ClN5O2S. The number of phenolic OH excluding ortho intramolecular Hbond substituents is 1. The van der Waals surface area contributed by atoms with Crippen LogP contribution in [0.3, 0.4) is 0 Å². The van der Waals surface area contributed by atoms with E-state index in [0.717, 1.165) is 5.69 Å². The van der Waals surface area contributed by atoms with Crippen molar-refractivity contribution in [2.45, 2.75) is 0 Å². The molecule has 3 rings (SSSR count). The van der Waals surface area contributed by atoms with E-state index in [-0.39, 0.29) is 11.3 Å². The van der Waals surface area contributed by atoms with Crippen LogP contribution in [-0.2, 0) is 0 Å². The summed E-state index contributed by atoms with van der Waals surface area (Å²) in [5.74, 6) is -0.626. The number of hydrogen-bond donors (Lipinski definition) is 3. The number of hydrogen-bond acceptors (Lipinski definition) is 7. The van der Waals surface area contributed by atoms with E-state index < -0.39 is 5.91 Å². The number of nitrogens with zero attached hydrogens (tertiary/aromatic N) is 3. The number of nitrogens with one attached hydrogen (secondary N) is 2. The van der Waals surface area contributed by atoms with Crippen molar-refractivity contribution >= 4 is 45.9 Å². The van der Waals surface area contributed by atoms with Gasteiger partial charge in [-0.1, -0.05) is 35.1 Å². The van der Waals surface area contributed by atoms with Crippen molar-refractivity contribution < 1.29 is 9.90 Å². The highest BCUT2D eigenvalue weighted by molar-refractivity contribution is 7.16. The Labute approximate surface area is 152 Å². The van der Waals surface area contributed by atoms with Crippen molar-refractivity contribution in [3.05, 3.63) is 64.1 Å². The number of para-hydroxylation sites is 1. The molecule has 25 heavy (non-hydrogen) atoms. The highest BCUT2D eigenvalue weighted by Crippen LogP contribution is 2.21. The molecule has 0 bridgehead atoms. The van der Waals surface area contributed by atoms with Gasteiger partial charge in [-0.15, -0.1) is 10.2 Å². The molecule has 0 aliphatic heterocycles. The number of hydrazone groups is 1. The van der Waals surface area contributed by atoms with Gasteiger partial charge in [-0.3, -0.25) is 4.79 Å². The van der Waals surface area contributed by atoms with E-state index in [1.807, 2.05) is 12.1 Å². The Balaban J connectivity index is 1.59. The van der Waals surface area contributed by atoms with Crippen molar-refractivity contribution in [3.63, 3.8) is 0 Å². The van der Waals surface area contributed by atoms with Gasteiger partial charge in [0.25, 0.3) is 5.91 Å². The van der Waals surface area contributed by atoms with Crippen molar-refractivity contribution in [2.75, 3.05) is 5.32 Å². The molecule has 1 amide bonds. The van der Waals surface area contributed by atoms with Crippen LogP contribution in [0.25, 0.3) is 0 Å². The maximum atomic E-state index is 11.9. The number of carbonyl (C=O) groups excluding carboxylic acids is 1. The number of anilines is 2. The van der Waals surface area contributed by atoms with Gasteiger partial charge in [0.05, 0.1) is 11.8 Å². The highest BCUT2D eigenvalue weighted by Gasteiger charge is 2.09. The zero-order chi connectivity index (χ0) is 17.6. The van der Waals surface area contributed by atoms with Gasteiger partial charge in [-0.05, 0) is 36.4 Å². The van der Waals surface area contributed by atoms with Gasteiger partial charge in [-0.2, -0.15) is 5.10 Å². The van der Waals surface area contributed by atoms with E-state index in [0.29, 0.717) is 15.2 Å². The number of carbonyl (C=O) groups is 1. The summed E-state index contributed by atoms with van der Waals surface area (Å²) < 4.78 is 0. The predicted octanol–water partition coefficient (Wildman–Crippen LogP) is 3.40. The first-order valence-corrected chi connectivity index (χ1v) is 8.29. The molecule has 0 radical (unpaired) electrons. The summed E-state index contributed by atoms with van der Waals surface area (Å²) in [4.78, 5) is 11.9. The van der Waals surface area contributed by atoms with Gasteiger partial charge in [0, 0.05) is 10.7 Å². The van der Waals surface area contributed by atoms with Crippen LogP contribution in [0.2, 0.25) is 5.02 Å². The average Bonchev–Trinajstić information content (AvgIpc) is 3.04. The normalized spacial score (nSPS) is 10.8. The molecule has 0 spiro atoms. The first kappa shape index (κ1) is 16.9. The molecule has 7 nitrogen and oxygen atoms in total. The Kier molecular flexibility index (Phi) is 5.22. The molecule has 0 aliphatic carbocycles. The number of benzene rings is 2. The maximum Gasteiger partial charge on any atom is 0.275 e. The fourth-order valence-electron chi connectivity index (χ4n) is 1.87. The minimum absolute atomic E-state index is 0.111. The lowest BCUT2D eigenvalue weighted by molar-refractivity contribution is 0.0952. The standard InChI is InChI=1S/C16H12ClN5O2S/c17-10-5-7-11(8-6-10)19-16-22-20-14(25-16)9-18-21-15(24)12-3-1-2-4-13(12)23/h1-9,23H,(H,19,22)(H,21,24)/b18-9-. The van der Waals surface area contributed by atoms with E-state index in [9.17, 15) is 9.90 Å². The molecule has 126 valence electrons. The lowest BCUT2D eigenvalue weighted by Crippen LogP contribution is -2.17. The largest absolute Gasteiger partial charge is 0.507 e. The summed E-state index contributed by atoms with van der Waals surface area (Å²) in [5, 5.41) is 26.2. The molecule has 3 aromatic rings. The van der Waals surface area contributed by atoms with Gasteiger partial charge in [0.15, 0.2) is 5.01 Å². The molecule has 0 aliphatic rings. The molecule has 1 aromatic heterocycles. The average molecular weight is 374 g/mol. The predicted molar refractivity (Wildman–Crippen MR) is 97.8 cm³/mol. The number of rotatable bonds is 5. The van der Waals surface area contributed by atoms with Gasteiger partial charge in [-0.25, -0.2) is 5.43 Å². The smallest absolute Gasteiger partial charge is 0.275 e. The molecule has 3 N–H and O–H groups in total. The molecular weight excluding hydrogens is 362 g/mol. The maximum absolute atomic E-state index is 11.9. The molecule has 9 heteroatoms. The second-order valence-corrected chi connectivity index (χ2v) is 6.24. The van der Waals surface area contributed by atoms with E-state index >= 15 is 0 Å². The van der Waals surface area contributed by atoms with E-state index in [1.165, 1.54) is 29.7 Å². The Morgan fingerprint density at radius 2 is 1.92 bits per heavy atom. The van der Waals surface area contributed by atoms with E-state index in [4.69, 9.17) is 11.6 Å². The minimum atomic E-state index is -0.515. The number of halogens is 1. The van der Waals surface area contributed by atoms with E-state index in [2.05, 4.69) is 26.0 Å². The first-order chi connectivity index (χ1) is 12.1. The van der Waals surface area contributed by atoms with Crippen LogP contribution in [0, 0.1) is 0 Å². The van der Waals surface area contributed by atoms with Crippen LogP contribution in [0.4, 0.5) is 10.8 Å². The minimum Gasteiger partial charge on any atom is -0.507 e. The van der Waals surface area contributed by atoms with Crippen LogP contribution in [0.15, 0.2) is 53.6 Å². The molecule has 0 fully saturated rings. The summed E-state index contributed by atoms with van der Waals surface area (Å²) in [7, 11) is 0. The molecule has 1 heterocycles. The quantitative estimate of drug-likeness (QED) is 0.470. The Bertz CT molecular complexity index is 911. The van der Waals surface area contributed by atoms with Crippen LogP contribution in [0.1, 0.15) is 15.4 Å². The third kappa shape index (κ3) is 4.52. The van der Waals surface area contributed by atoms with Gasteiger partial charge in [0.1, 0.15) is 5.75 Å². The van der Waals surface area contributed by atoms with Crippen molar-refractivity contribution in [1.29, 1.82) is 0 Å². The van der Waals surface area contributed by atoms with Crippen molar-refractivity contribution in [2.24, 2.45) is 5.10 Å². The monoisotopic (exact) mass is 373 g/mol. The van der Waals surface area contributed by atoms with Crippen LogP contribution >= 0.6 is 22.9 Å². The van der Waals surface area contributed by atoms with E-state index in [1.54, 1.807) is 24.3 Å². The molecule has 0 saturated carbocycles. The topological polar surface area (TPSA) is 99.5 Å². The third-order valence-corrected chi connectivity index (χ3v) is 4.05. The van der Waals surface area contributed by atoms with Gasteiger partial charge in [0.2, 0.25) is 5.13 Å². The second-order valence-electron chi connectivity index (χ2n) is 4.79. The fraction of sp³-hybridized carbons (Fsp3) is 0. The Morgan fingerprint density at radius 3 is 2.68 bits per heavy atom. The van der Waals surface area contributed by atoms with Gasteiger partial charge < -0.3 is 10.4 Å². The number of aromatic nitrogens is 2. The Hall–Kier alpha value is -2.97.